The van der Waals surface area contributed by atoms with Crippen molar-refractivity contribution in [2.24, 2.45) is 0 Å². The summed E-state index contributed by atoms with van der Waals surface area (Å²) in [7, 11) is 0. The fourth-order valence-corrected chi connectivity index (χ4v) is 2.61. The van der Waals surface area contributed by atoms with E-state index in [0.717, 1.165) is 17.0 Å². The Balaban J connectivity index is 1.63. The van der Waals surface area contributed by atoms with Crippen molar-refractivity contribution in [3.8, 4) is 11.8 Å². The van der Waals surface area contributed by atoms with Crippen molar-refractivity contribution in [1.29, 1.82) is 5.26 Å². The molecule has 0 saturated carbocycles. The molecule has 3 aromatic rings. The van der Waals surface area contributed by atoms with E-state index < -0.39 is 0 Å². The first-order valence-electron chi connectivity index (χ1n) is 8.25. The SMILES string of the molecule is Cc1ccc(C)n1NC(=O)c1ccc(OCc2cccc(C#N)c2)cc1. The minimum absolute atomic E-state index is 0.180. The van der Waals surface area contributed by atoms with Crippen molar-refractivity contribution < 1.29 is 9.53 Å². The Bertz CT molecular complexity index is 946. The van der Waals surface area contributed by atoms with Crippen LogP contribution in [0.25, 0.3) is 0 Å². The van der Waals surface area contributed by atoms with Gasteiger partial charge in [-0.25, -0.2) is 0 Å². The lowest BCUT2D eigenvalue weighted by molar-refractivity contribution is 0.101. The van der Waals surface area contributed by atoms with Gasteiger partial charge in [0.1, 0.15) is 12.4 Å². The summed E-state index contributed by atoms with van der Waals surface area (Å²) < 4.78 is 7.48. The summed E-state index contributed by atoms with van der Waals surface area (Å²) >= 11 is 0. The Morgan fingerprint density at radius 3 is 2.42 bits per heavy atom. The van der Waals surface area contributed by atoms with Gasteiger partial charge < -0.3 is 4.74 Å². The van der Waals surface area contributed by atoms with Crippen molar-refractivity contribution in [2.45, 2.75) is 20.5 Å². The highest BCUT2D eigenvalue weighted by Crippen LogP contribution is 2.15. The third kappa shape index (κ3) is 3.93. The summed E-state index contributed by atoms with van der Waals surface area (Å²) in [5.74, 6) is 0.484. The van der Waals surface area contributed by atoms with Crippen LogP contribution in [-0.4, -0.2) is 10.6 Å². The zero-order chi connectivity index (χ0) is 18.5. The van der Waals surface area contributed by atoms with Gasteiger partial charge in [0.05, 0.1) is 11.6 Å². The number of carbonyl (C=O) groups excluding carboxylic acids is 1. The normalized spacial score (nSPS) is 10.2. The van der Waals surface area contributed by atoms with Gasteiger partial charge in [-0.2, -0.15) is 5.26 Å². The van der Waals surface area contributed by atoms with Gasteiger partial charge in [0.2, 0.25) is 0 Å². The van der Waals surface area contributed by atoms with Crippen LogP contribution >= 0.6 is 0 Å². The highest BCUT2D eigenvalue weighted by atomic mass is 16.5. The number of hydrogen-bond acceptors (Lipinski definition) is 3. The van der Waals surface area contributed by atoms with Crippen molar-refractivity contribution in [3.63, 3.8) is 0 Å². The Hall–Kier alpha value is -3.52. The zero-order valence-electron chi connectivity index (χ0n) is 14.7. The standard InChI is InChI=1S/C21H19N3O2/c1-15-6-7-16(2)24(15)23-21(25)19-8-10-20(11-9-19)26-14-18-5-3-4-17(12-18)13-22/h3-12H,14H2,1-2H3,(H,23,25). The first-order chi connectivity index (χ1) is 12.6. The largest absolute Gasteiger partial charge is 0.489 e. The van der Waals surface area contributed by atoms with Crippen LogP contribution in [0.1, 0.15) is 32.9 Å². The van der Waals surface area contributed by atoms with E-state index in [1.165, 1.54) is 0 Å². The summed E-state index contributed by atoms with van der Waals surface area (Å²) in [6.45, 7) is 4.24. The summed E-state index contributed by atoms with van der Waals surface area (Å²) in [4.78, 5) is 12.4. The molecule has 5 nitrogen and oxygen atoms in total. The summed E-state index contributed by atoms with van der Waals surface area (Å²) in [6, 6.07) is 20.3. The van der Waals surface area contributed by atoms with Gasteiger partial charge in [-0.1, -0.05) is 12.1 Å². The van der Waals surface area contributed by atoms with Crippen LogP contribution in [0.3, 0.4) is 0 Å². The molecule has 0 atom stereocenters. The minimum atomic E-state index is -0.180. The fraction of sp³-hybridized carbons (Fsp3) is 0.143. The maximum Gasteiger partial charge on any atom is 0.270 e. The van der Waals surface area contributed by atoms with Crippen LogP contribution in [-0.2, 0) is 6.61 Å². The second-order valence-corrected chi connectivity index (χ2v) is 6.02. The molecule has 0 radical (unpaired) electrons. The molecule has 1 heterocycles. The molecule has 2 aromatic carbocycles. The molecule has 0 aliphatic carbocycles. The number of ether oxygens (including phenoxy) is 1. The third-order valence-electron chi connectivity index (χ3n) is 4.06. The average Bonchev–Trinajstić information content (AvgIpc) is 2.99. The summed E-state index contributed by atoms with van der Waals surface area (Å²) in [6.07, 6.45) is 0. The van der Waals surface area contributed by atoms with Crippen LogP contribution < -0.4 is 10.2 Å². The Morgan fingerprint density at radius 1 is 1.08 bits per heavy atom. The summed E-state index contributed by atoms with van der Waals surface area (Å²) in [5, 5.41) is 8.93. The molecule has 0 unspecified atom stereocenters. The molecule has 0 bridgehead atoms. The molecule has 5 heteroatoms. The second-order valence-electron chi connectivity index (χ2n) is 6.02. The van der Waals surface area contributed by atoms with Crippen molar-refractivity contribution in [2.75, 3.05) is 5.43 Å². The molecule has 0 aliphatic rings. The second kappa shape index (κ2) is 7.58. The maximum atomic E-state index is 12.4. The highest BCUT2D eigenvalue weighted by Gasteiger charge is 2.09. The molecule has 1 amide bonds. The summed E-state index contributed by atoms with van der Waals surface area (Å²) in [5.41, 5.74) is 6.89. The van der Waals surface area contributed by atoms with E-state index in [9.17, 15) is 4.79 Å². The van der Waals surface area contributed by atoms with Gasteiger partial charge >= 0.3 is 0 Å². The molecular weight excluding hydrogens is 326 g/mol. The van der Waals surface area contributed by atoms with Gasteiger partial charge in [-0.15, -0.1) is 0 Å². The van der Waals surface area contributed by atoms with E-state index in [1.54, 1.807) is 41.1 Å². The number of nitriles is 1. The van der Waals surface area contributed by atoms with E-state index in [0.29, 0.717) is 23.5 Å². The molecular formula is C21H19N3O2. The van der Waals surface area contributed by atoms with E-state index in [-0.39, 0.29) is 5.91 Å². The quantitative estimate of drug-likeness (QED) is 0.761. The van der Waals surface area contributed by atoms with Crippen molar-refractivity contribution in [3.05, 3.63) is 88.7 Å². The molecule has 130 valence electrons. The van der Waals surface area contributed by atoms with E-state index in [1.807, 2.05) is 38.1 Å². The molecule has 1 aromatic heterocycles. The number of rotatable bonds is 5. The van der Waals surface area contributed by atoms with Crippen LogP contribution in [0.4, 0.5) is 0 Å². The van der Waals surface area contributed by atoms with E-state index in [4.69, 9.17) is 10.00 Å². The number of aryl methyl sites for hydroxylation is 2. The molecule has 0 saturated heterocycles. The average molecular weight is 345 g/mol. The van der Waals surface area contributed by atoms with Crippen LogP contribution in [0, 0.1) is 25.2 Å². The molecule has 0 spiro atoms. The number of carbonyl (C=O) groups is 1. The predicted octanol–water partition coefficient (Wildman–Crippen LogP) is 3.94. The van der Waals surface area contributed by atoms with Crippen LogP contribution in [0.15, 0.2) is 60.7 Å². The van der Waals surface area contributed by atoms with Gasteiger partial charge in [0.25, 0.3) is 5.91 Å². The molecule has 1 N–H and O–H groups in total. The van der Waals surface area contributed by atoms with Gasteiger partial charge in [-0.05, 0) is 67.9 Å². The number of nitrogens with one attached hydrogen (secondary N) is 1. The van der Waals surface area contributed by atoms with Gasteiger partial charge in [0.15, 0.2) is 0 Å². The zero-order valence-corrected chi connectivity index (χ0v) is 14.7. The maximum absolute atomic E-state index is 12.4. The lowest BCUT2D eigenvalue weighted by Crippen LogP contribution is -2.24. The van der Waals surface area contributed by atoms with E-state index >= 15 is 0 Å². The third-order valence-corrected chi connectivity index (χ3v) is 4.06. The topological polar surface area (TPSA) is 67.1 Å². The Kier molecular flexibility index (Phi) is 5.04. The van der Waals surface area contributed by atoms with Crippen LogP contribution in [0.2, 0.25) is 0 Å². The molecule has 0 aliphatic heterocycles. The predicted molar refractivity (Wildman–Crippen MR) is 99.5 cm³/mol. The number of nitrogens with zero attached hydrogens (tertiary/aromatic N) is 2. The lowest BCUT2D eigenvalue weighted by atomic mass is 10.1. The number of aromatic nitrogens is 1. The molecule has 3 rings (SSSR count). The number of benzene rings is 2. The lowest BCUT2D eigenvalue weighted by Gasteiger charge is -2.12. The smallest absolute Gasteiger partial charge is 0.270 e. The van der Waals surface area contributed by atoms with Crippen LogP contribution in [0.5, 0.6) is 5.75 Å². The minimum Gasteiger partial charge on any atom is -0.489 e. The van der Waals surface area contributed by atoms with Crippen molar-refractivity contribution in [1.82, 2.24) is 4.68 Å². The Morgan fingerprint density at radius 2 is 1.77 bits per heavy atom. The molecule has 26 heavy (non-hydrogen) atoms. The van der Waals surface area contributed by atoms with Crippen molar-refractivity contribution >= 4 is 5.91 Å². The highest BCUT2D eigenvalue weighted by molar-refractivity contribution is 6.00. The fourth-order valence-electron chi connectivity index (χ4n) is 2.61. The van der Waals surface area contributed by atoms with Gasteiger partial charge in [0, 0.05) is 17.0 Å². The first kappa shape index (κ1) is 17.3. The van der Waals surface area contributed by atoms with E-state index in [2.05, 4.69) is 11.5 Å². The first-order valence-corrected chi connectivity index (χ1v) is 8.25. The number of amides is 1. The monoisotopic (exact) mass is 345 g/mol. The Labute approximate surface area is 152 Å². The van der Waals surface area contributed by atoms with Gasteiger partial charge in [-0.3, -0.25) is 14.9 Å². The molecule has 0 fully saturated rings. The number of hydrogen-bond donors (Lipinski definition) is 1.